The van der Waals surface area contributed by atoms with Gasteiger partial charge in [-0.25, -0.2) is 9.37 Å². The van der Waals surface area contributed by atoms with Gasteiger partial charge >= 0.3 is 0 Å². The molecule has 1 saturated carbocycles. The molecule has 5 aliphatic rings. The van der Waals surface area contributed by atoms with Gasteiger partial charge in [-0.3, -0.25) is 9.59 Å². The number of piperidine rings is 1. The lowest BCUT2D eigenvalue weighted by molar-refractivity contribution is -0.132. The second kappa shape index (κ2) is 13.4. The number of rotatable bonds is 8. The first kappa shape index (κ1) is 34.1. The van der Waals surface area contributed by atoms with Gasteiger partial charge in [0.1, 0.15) is 17.9 Å². The number of halogens is 1. The third-order valence-corrected chi connectivity index (χ3v) is 12.1. The maximum absolute atomic E-state index is 14.4. The fourth-order valence-corrected chi connectivity index (χ4v) is 9.44. The van der Waals surface area contributed by atoms with Gasteiger partial charge in [-0.2, -0.15) is 0 Å². The van der Waals surface area contributed by atoms with Crippen LogP contribution in [0.15, 0.2) is 24.5 Å². The zero-order valence-electron chi connectivity index (χ0n) is 29.5. The molecule has 3 spiro atoms. The predicted molar refractivity (Wildman–Crippen MR) is 183 cm³/mol. The number of carbonyl (C=O) groups is 2. The number of hydrogen-bond acceptors (Lipinski definition) is 9. The van der Waals surface area contributed by atoms with Crippen molar-refractivity contribution in [3.8, 4) is 11.6 Å². The molecule has 12 heteroatoms. The van der Waals surface area contributed by atoms with Crippen molar-refractivity contribution in [2.75, 3.05) is 50.8 Å². The first-order chi connectivity index (χ1) is 23.5. The second-order valence-electron chi connectivity index (χ2n) is 16.1. The lowest BCUT2D eigenvalue weighted by atomic mass is 9.68. The molecule has 7 rings (SSSR count). The molecule has 5 heterocycles. The van der Waals surface area contributed by atoms with Crippen LogP contribution in [0, 0.1) is 22.6 Å². The Morgan fingerprint density at radius 1 is 1.06 bits per heavy atom. The van der Waals surface area contributed by atoms with E-state index in [1.807, 2.05) is 27.7 Å². The van der Waals surface area contributed by atoms with Crippen LogP contribution in [-0.2, 0) is 9.53 Å². The number of benzene rings is 1. The number of hydrogen-bond donors (Lipinski definition) is 1. The highest BCUT2D eigenvalue weighted by Crippen LogP contribution is 2.50. The van der Waals surface area contributed by atoms with Crippen molar-refractivity contribution >= 4 is 17.6 Å². The Hall–Kier alpha value is -3.38. The van der Waals surface area contributed by atoms with Gasteiger partial charge in [0.05, 0.1) is 11.0 Å². The van der Waals surface area contributed by atoms with Crippen molar-refractivity contribution in [3.63, 3.8) is 0 Å². The normalized spacial score (nSPS) is 26.4. The minimum Gasteiger partial charge on any atom is -0.434 e. The van der Waals surface area contributed by atoms with Crippen LogP contribution < -0.4 is 15.0 Å². The molecule has 4 saturated heterocycles. The standard InChI is InChI=1S/C37H52FN7O4/c1-25(2)45(26(3)4)33(46)29-19-28(38)5-6-30(29)49-32-31(39-24-40-42-32)44-22-35(23-44)11-15-43(16-12-35)20-27-7-9-37(10-8-27)21-36(34(47)41-37)13-17-48-18-14-36/h5-6,19,24-27H,7-18,20-23H2,1-4H3,(H,41,47). The fraction of sp³-hybridized carbons (Fsp3) is 0.703. The Bertz CT molecular complexity index is 1510. The zero-order valence-corrected chi connectivity index (χ0v) is 29.5. The quantitative estimate of drug-likeness (QED) is 0.403. The van der Waals surface area contributed by atoms with Gasteiger partial charge in [0, 0.05) is 55.9 Å². The summed E-state index contributed by atoms with van der Waals surface area (Å²) >= 11 is 0. The average Bonchev–Trinajstić information content (AvgIpc) is 3.31. The monoisotopic (exact) mass is 677 g/mol. The van der Waals surface area contributed by atoms with Gasteiger partial charge < -0.3 is 29.5 Å². The molecular formula is C37H52FN7O4. The molecule has 4 aliphatic heterocycles. The molecule has 11 nitrogen and oxygen atoms in total. The van der Waals surface area contributed by atoms with E-state index in [-0.39, 0.29) is 57.5 Å². The molecule has 1 aromatic carbocycles. The van der Waals surface area contributed by atoms with Crippen LogP contribution in [0.4, 0.5) is 10.2 Å². The molecule has 49 heavy (non-hydrogen) atoms. The topological polar surface area (TPSA) is 113 Å². The molecule has 0 bridgehead atoms. The summed E-state index contributed by atoms with van der Waals surface area (Å²) in [5, 5.41) is 11.7. The maximum atomic E-state index is 14.4. The molecule has 0 radical (unpaired) electrons. The molecular weight excluding hydrogens is 625 g/mol. The van der Waals surface area contributed by atoms with Crippen LogP contribution in [0.1, 0.15) is 95.8 Å². The third-order valence-electron chi connectivity index (χ3n) is 12.1. The summed E-state index contributed by atoms with van der Waals surface area (Å²) in [6, 6.07) is 3.86. The maximum Gasteiger partial charge on any atom is 0.282 e. The molecule has 5 fully saturated rings. The molecule has 2 aromatic rings. The Kier molecular flexibility index (Phi) is 9.32. The lowest BCUT2D eigenvalue weighted by Crippen LogP contribution is -2.61. The van der Waals surface area contributed by atoms with Crippen molar-refractivity contribution in [1.29, 1.82) is 0 Å². The number of anilines is 1. The molecule has 1 aromatic heterocycles. The van der Waals surface area contributed by atoms with Crippen LogP contribution >= 0.6 is 0 Å². The molecule has 266 valence electrons. The summed E-state index contributed by atoms with van der Waals surface area (Å²) in [6.45, 7) is 14.2. The summed E-state index contributed by atoms with van der Waals surface area (Å²) in [5.74, 6) is 1.20. The minimum atomic E-state index is -0.505. The largest absolute Gasteiger partial charge is 0.434 e. The number of ether oxygens (including phenoxy) is 2. The number of aromatic nitrogens is 3. The Balaban J connectivity index is 0.927. The van der Waals surface area contributed by atoms with E-state index >= 15 is 0 Å². The molecule has 1 N–H and O–H groups in total. The summed E-state index contributed by atoms with van der Waals surface area (Å²) in [4.78, 5) is 37.6. The van der Waals surface area contributed by atoms with E-state index in [1.165, 1.54) is 37.4 Å². The van der Waals surface area contributed by atoms with E-state index < -0.39 is 5.82 Å². The van der Waals surface area contributed by atoms with Crippen LogP contribution in [0.5, 0.6) is 11.6 Å². The summed E-state index contributed by atoms with van der Waals surface area (Å²) < 4.78 is 26.2. The fourth-order valence-electron chi connectivity index (χ4n) is 9.44. The first-order valence-electron chi connectivity index (χ1n) is 18.3. The highest BCUT2D eigenvalue weighted by Gasteiger charge is 2.55. The van der Waals surface area contributed by atoms with Crippen molar-refractivity contribution in [1.82, 2.24) is 30.3 Å². The van der Waals surface area contributed by atoms with Crippen molar-refractivity contribution < 1.29 is 23.5 Å². The Morgan fingerprint density at radius 3 is 2.43 bits per heavy atom. The average molecular weight is 678 g/mol. The Labute approximate surface area is 289 Å². The van der Waals surface area contributed by atoms with E-state index in [2.05, 4.69) is 30.3 Å². The van der Waals surface area contributed by atoms with Gasteiger partial charge in [-0.05, 0) is 123 Å². The van der Waals surface area contributed by atoms with Gasteiger partial charge in [0.15, 0.2) is 5.82 Å². The molecule has 0 atom stereocenters. The zero-order chi connectivity index (χ0) is 34.4. The third kappa shape index (κ3) is 6.74. The van der Waals surface area contributed by atoms with Crippen LogP contribution in [0.2, 0.25) is 0 Å². The number of nitrogens with zero attached hydrogens (tertiary/aromatic N) is 6. The summed E-state index contributed by atoms with van der Waals surface area (Å²) in [7, 11) is 0. The summed E-state index contributed by atoms with van der Waals surface area (Å²) in [6.07, 6.45) is 11.0. The van der Waals surface area contributed by atoms with Gasteiger partial charge in [0.2, 0.25) is 5.91 Å². The summed E-state index contributed by atoms with van der Waals surface area (Å²) in [5.41, 5.74) is 0.189. The SMILES string of the molecule is CC(C)N(C(=O)c1cc(F)ccc1Oc1nncnc1N1CC2(CCN(CC3CCC4(CC3)CC3(CCOCC3)C(=O)N4)CC2)C1)C(C)C. The lowest BCUT2D eigenvalue weighted by Gasteiger charge is -2.54. The van der Waals surface area contributed by atoms with E-state index in [9.17, 15) is 14.0 Å². The minimum absolute atomic E-state index is 0.000991. The number of carbonyl (C=O) groups excluding carboxylic acids is 2. The van der Waals surface area contributed by atoms with Gasteiger partial charge in [-0.15, -0.1) is 10.2 Å². The Morgan fingerprint density at radius 2 is 1.76 bits per heavy atom. The van der Waals surface area contributed by atoms with Crippen LogP contribution in [0.25, 0.3) is 0 Å². The molecule has 2 amide bonds. The number of nitrogens with one attached hydrogen (secondary N) is 1. The number of likely N-dealkylation sites (tertiary alicyclic amines) is 1. The van der Waals surface area contributed by atoms with E-state index in [4.69, 9.17) is 9.47 Å². The van der Waals surface area contributed by atoms with E-state index in [1.54, 1.807) is 4.90 Å². The first-order valence-corrected chi connectivity index (χ1v) is 18.3. The van der Waals surface area contributed by atoms with Crippen molar-refractivity contribution in [2.45, 2.75) is 103 Å². The van der Waals surface area contributed by atoms with E-state index in [0.717, 1.165) is 77.7 Å². The number of amides is 2. The van der Waals surface area contributed by atoms with Gasteiger partial charge in [0.25, 0.3) is 11.8 Å². The van der Waals surface area contributed by atoms with Crippen LogP contribution in [0.3, 0.4) is 0 Å². The van der Waals surface area contributed by atoms with Crippen molar-refractivity contribution in [2.24, 2.45) is 16.7 Å². The van der Waals surface area contributed by atoms with Crippen LogP contribution in [-0.4, -0.2) is 100 Å². The molecule has 0 unspecified atom stereocenters. The predicted octanol–water partition coefficient (Wildman–Crippen LogP) is 5.21. The second-order valence-corrected chi connectivity index (χ2v) is 16.1. The van der Waals surface area contributed by atoms with Gasteiger partial charge in [-0.1, -0.05) is 0 Å². The highest BCUT2D eigenvalue weighted by molar-refractivity contribution is 5.97. The van der Waals surface area contributed by atoms with Crippen molar-refractivity contribution in [3.05, 3.63) is 35.9 Å². The highest BCUT2D eigenvalue weighted by atomic mass is 19.1. The smallest absolute Gasteiger partial charge is 0.282 e. The van der Waals surface area contributed by atoms with E-state index in [0.29, 0.717) is 24.9 Å². The molecule has 1 aliphatic carbocycles.